The Morgan fingerprint density at radius 1 is 0.545 bits per heavy atom. The van der Waals surface area contributed by atoms with Gasteiger partial charge in [0.1, 0.15) is 6.61 Å². The first-order valence-electron chi connectivity index (χ1n) is 18.2. The highest BCUT2D eigenvalue weighted by atomic mass is 16.6. The van der Waals surface area contributed by atoms with Crippen molar-refractivity contribution in [3.8, 4) is 0 Å². The first-order chi connectivity index (χ1) is 21.6. The molecule has 254 valence electrons. The number of hydrogen-bond acceptors (Lipinski definition) is 5. The zero-order valence-corrected chi connectivity index (χ0v) is 28.7. The fraction of sp³-hybridized carbons (Fsp3) is 0.744. The zero-order chi connectivity index (χ0) is 32.2. The lowest BCUT2D eigenvalue weighted by Gasteiger charge is -2.15. The smallest absolute Gasteiger partial charge is 0.306 e. The van der Waals surface area contributed by atoms with Crippen LogP contribution >= 0.6 is 0 Å². The average molecular weight is 617 g/mol. The van der Waals surface area contributed by atoms with Crippen molar-refractivity contribution in [2.45, 2.75) is 174 Å². The maximum atomic E-state index is 12.1. The molecule has 0 amide bonds. The molecule has 0 heterocycles. The van der Waals surface area contributed by atoms with Crippen LogP contribution in [0.1, 0.15) is 168 Å². The van der Waals surface area contributed by atoms with E-state index >= 15 is 0 Å². The Balaban J connectivity index is 3.61. The Labute approximate surface area is 271 Å². The van der Waals surface area contributed by atoms with Gasteiger partial charge in [0, 0.05) is 12.8 Å². The third-order valence-electron chi connectivity index (χ3n) is 7.61. The van der Waals surface area contributed by atoms with Crippen LogP contribution < -0.4 is 0 Å². The van der Waals surface area contributed by atoms with Gasteiger partial charge in [-0.15, -0.1) is 0 Å². The molecule has 44 heavy (non-hydrogen) atoms. The number of esters is 2. The summed E-state index contributed by atoms with van der Waals surface area (Å²) < 4.78 is 10.6. The van der Waals surface area contributed by atoms with Gasteiger partial charge in [-0.1, -0.05) is 133 Å². The number of rotatable bonds is 32. The van der Waals surface area contributed by atoms with E-state index in [0.717, 1.165) is 70.6 Å². The minimum absolute atomic E-state index is 0.0759. The van der Waals surface area contributed by atoms with Crippen molar-refractivity contribution in [2.75, 3.05) is 13.2 Å². The van der Waals surface area contributed by atoms with Gasteiger partial charge in [0.25, 0.3) is 0 Å². The van der Waals surface area contributed by atoms with Gasteiger partial charge in [-0.3, -0.25) is 9.59 Å². The van der Waals surface area contributed by atoms with E-state index in [2.05, 4.69) is 62.5 Å². The third-order valence-corrected chi connectivity index (χ3v) is 7.61. The van der Waals surface area contributed by atoms with Crippen molar-refractivity contribution in [2.24, 2.45) is 0 Å². The molecule has 5 heteroatoms. The summed E-state index contributed by atoms with van der Waals surface area (Å²) in [6, 6.07) is 0. The fourth-order valence-electron chi connectivity index (χ4n) is 4.86. The highest BCUT2D eigenvalue weighted by molar-refractivity contribution is 5.70. The molecule has 0 aliphatic carbocycles. The first-order valence-corrected chi connectivity index (χ1v) is 18.2. The van der Waals surface area contributed by atoms with E-state index in [4.69, 9.17) is 9.47 Å². The molecule has 0 unspecified atom stereocenters. The molecule has 5 nitrogen and oxygen atoms in total. The monoisotopic (exact) mass is 617 g/mol. The van der Waals surface area contributed by atoms with Crippen molar-refractivity contribution in [1.82, 2.24) is 0 Å². The molecule has 0 rings (SSSR count). The van der Waals surface area contributed by atoms with Gasteiger partial charge in [0.15, 0.2) is 6.10 Å². The van der Waals surface area contributed by atoms with Crippen LogP contribution in [0.3, 0.4) is 0 Å². The van der Waals surface area contributed by atoms with Crippen molar-refractivity contribution in [3.63, 3.8) is 0 Å². The van der Waals surface area contributed by atoms with E-state index in [9.17, 15) is 14.7 Å². The molecule has 0 saturated heterocycles. The Morgan fingerprint density at radius 3 is 1.50 bits per heavy atom. The van der Waals surface area contributed by atoms with Crippen LogP contribution in [0.4, 0.5) is 0 Å². The quantitative estimate of drug-likeness (QED) is 0.0462. The van der Waals surface area contributed by atoms with Crippen LogP contribution in [0.25, 0.3) is 0 Å². The Hall–Kier alpha value is -2.14. The van der Waals surface area contributed by atoms with E-state index in [1.54, 1.807) is 0 Å². The summed E-state index contributed by atoms with van der Waals surface area (Å²) in [4.78, 5) is 24.2. The van der Waals surface area contributed by atoms with Crippen LogP contribution in [0.5, 0.6) is 0 Å². The Kier molecular flexibility index (Phi) is 33.6. The Bertz CT molecular complexity index is 752. The summed E-state index contributed by atoms with van der Waals surface area (Å²) in [5.41, 5.74) is 0. The molecule has 0 saturated carbocycles. The van der Waals surface area contributed by atoms with Crippen molar-refractivity contribution < 1.29 is 24.2 Å². The lowest BCUT2D eigenvalue weighted by Crippen LogP contribution is -2.28. The number of allylic oxidation sites excluding steroid dienone is 8. The SMILES string of the molecule is CCC=CCC=CCC=CCCCCCCCC(=O)O[C@@H](CO)COC(=O)CCCCCCCCCC=CCCCCCC. The number of hydrogen-bond donors (Lipinski definition) is 1. The van der Waals surface area contributed by atoms with Gasteiger partial charge in [-0.2, -0.15) is 0 Å². The molecule has 1 N–H and O–H groups in total. The van der Waals surface area contributed by atoms with E-state index in [-0.39, 0.29) is 25.2 Å². The van der Waals surface area contributed by atoms with Crippen LogP contribution in [0.2, 0.25) is 0 Å². The van der Waals surface area contributed by atoms with Crippen molar-refractivity contribution >= 4 is 11.9 Å². The summed E-state index contributed by atoms with van der Waals surface area (Å²) in [5, 5.41) is 9.52. The van der Waals surface area contributed by atoms with Crippen LogP contribution in [0.15, 0.2) is 48.6 Å². The summed E-state index contributed by atoms with van der Waals surface area (Å²) in [5.74, 6) is -0.619. The number of aliphatic hydroxyl groups is 1. The Morgan fingerprint density at radius 2 is 0.977 bits per heavy atom. The lowest BCUT2D eigenvalue weighted by molar-refractivity contribution is -0.161. The highest BCUT2D eigenvalue weighted by Gasteiger charge is 2.16. The van der Waals surface area contributed by atoms with E-state index in [1.807, 2.05) is 0 Å². The molecule has 0 aromatic carbocycles. The molecule has 0 aromatic heterocycles. The standard InChI is InChI=1S/C39H68O5/c1-3-5-7-9-11-13-15-17-19-21-23-25-27-29-31-33-38(41)43-36-37(35-40)44-39(42)34-32-30-28-26-24-22-20-18-16-14-12-10-8-6-4-2/h6,8,12-15,18,20,37,40H,3-5,7,9-11,16-17,19,21-36H2,1-2H3/t37-/m0/s1. The fourth-order valence-corrected chi connectivity index (χ4v) is 4.86. The van der Waals surface area contributed by atoms with Gasteiger partial charge in [-0.25, -0.2) is 0 Å². The lowest BCUT2D eigenvalue weighted by atomic mass is 10.1. The molecule has 0 spiro atoms. The maximum Gasteiger partial charge on any atom is 0.306 e. The predicted molar refractivity (Wildman–Crippen MR) is 187 cm³/mol. The zero-order valence-electron chi connectivity index (χ0n) is 28.7. The molecular formula is C39H68O5. The number of ether oxygens (including phenoxy) is 2. The molecule has 0 fully saturated rings. The number of aliphatic hydroxyl groups excluding tert-OH is 1. The van der Waals surface area contributed by atoms with Gasteiger partial charge >= 0.3 is 11.9 Å². The molecule has 0 bridgehead atoms. The highest BCUT2D eigenvalue weighted by Crippen LogP contribution is 2.12. The first kappa shape index (κ1) is 41.9. The van der Waals surface area contributed by atoms with Gasteiger partial charge in [0.05, 0.1) is 6.61 Å². The number of carbonyl (C=O) groups is 2. The van der Waals surface area contributed by atoms with Crippen LogP contribution in [-0.2, 0) is 19.1 Å². The molecule has 0 radical (unpaired) electrons. The molecule has 0 aromatic rings. The summed E-state index contributed by atoms with van der Waals surface area (Å²) in [7, 11) is 0. The van der Waals surface area contributed by atoms with Gasteiger partial charge < -0.3 is 14.6 Å². The van der Waals surface area contributed by atoms with E-state index < -0.39 is 6.10 Å². The largest absolute Gasteiger partial charge is 0.462 e. The average Bonchev–Trinajstić information content (AvgIpc) is 3.02. The summed E-state index contributed by atoms with van der Waals surface area (Å²) in [6.07, 6.45) is 43.0. The predicted octanol–water partition coefficient (Wildman–Crippen LogP) is 11.1. The summed E-state index contributed by atoms with van der Waals surface area (Å²) in [6.45, 7) is 3.98. The molecule has 0 aliphatic rings. The topological polar surface area (TPSA) is 72.8 Å². The van der Waals surface area contributed by atoms with Gasteiger partial charge in [-0.05, 0) is 70.6 Å². The second-order valence-electron chi connectivity index (χ2n) is 11.9. The summed E-state index contributed by atoms with van der Waals surface area (Å²) >= 11 is 0. The van der Waals surface area contributed by atoms with Crippen molar-refractivity contribution in [3.05, 3.63) is 48.6 Å². The normalized spacial score (nSPS) is 12.7. The van der Waals surface area contributed by atoms with Gasteiger partial charge in [0.2, 0.25) is 0 Å². The minimum atomic E-state index is -0.781. The molecule has 0 aliphatic heterocycles. The molecule has 1 atom stereocenters. The minimum Gasteiger partial charge on any atom is -0.462 e. The number of unbranched alkanes of at least 4 members (excludes halogenated alkanes) is 16. The number of carbonyl (C=O) groups excluding carboxylic acids is 2. The molecular weight excluding hydrogens is 548 g/mol. The third kappa shape index (κ3) is 32.8. The van der Waals surface area contributed by atoms with Crippen molar-refractivity contribution in [1.29, 1.82) is 0 Å². The second kappa shape index (κ2) is 35.3. The van der Waals surface area contributed by atoms with Crippen LogP contribution in [0, 0.1) is 0 Å². The second-order valence-corrected chi connectivity index (χ2v) is 11.9. The van der Waals surface area contributed by atoms with E-state index in [1.165, 1.54) is 70.6 Å². The van der Waals surface area contributed by atoms with E-state index in [0.29, 0.717) is 12.8 Å². The van der Waals surface area contributed by atoms with Crippen LogP contribution in [-0.4, -0.2) is 36.4 Å². The maximum absolute atomic E-state index is 12.1.